The first-order valence-electron chi connectivity index (χ1n) is 7.33. The van der Waals surface area contributed by atoms with E-state index in [4.69, 9.17) is 0 Å². The Morgan fingerprint density at radius 1 is 1.09 bits per heavy atom. The molecule has 5 heteroatoms. The van der Waals surface area contributed by atoms with Crippen LogP contribution in [-0.4, -0.2) is 11.8 Å². The van der Waals surface area contributed by atoms with Crippen molar-refractivity contribution in [3.8, 4) is 0 Å². The first-order chi connectivity index (χ1) is 10.5. The Kier molecular flexibility index (Phi) is 3.98. The molecule has 4 nitrogen and oxygen atoms in total. The molecule has 114 valence electrons. The average Bonchev–Trinajstić information content (AvgIpc) is 3.26. The third-order valence-electron chi connectivity index (χ3n) is 3.71. The number of carbonyl (C=O) groups excluding carboxylic acids is 2. The van der Waals surface area contributed by atoms with Crippen LogP contribution in [0.5, 0.6) is 0 Å². The molecule has 0 spiro atoms. The maximum Gasteiger partial charge on any atom is 0.266 e. The quantitative estimate of drug-likeness (QED) is 0.897. The number of hydrogen-bond donors (Lipinski definition) is 2. The van der Waals surface area contributed by atoms with Crippen LogP contribution < -0.4 is 10.6 Å². The van der Waals surface area contributed by atoms with Gasteiger partial charge in [-0.15, -0.1) is 11.3 Å². The Labute approximate surface area is 133 Å². The Bertz CT molecular complexity index is 732. The van der Waals surface area contributed by atoms with Crippen molar-refractivity contribution < 1.29 is 9.59 Å². The largest absolute Gasteiger partial charge is 0.321 e. The second-order valence-corrected chi connectivity index (χ2v) is 6.71. The normalized spacial score (nSPS) is 13.7. The van der Waals surface area contributed by atoms with Crippen molar-refractivity contribution in [1.82, 2.24) is 0 Å². The zero-order valence-corrected chi connectivity index (χ0v) is 13.4. The van der Waals surface area contributed by atoms with Gasteiger partial charge >= 0.3 is 0 Å². The molecule has 2 amide bonds. The minimum Gasteiger partial charge on any atom is -0.321 e. The van der Waals surface area contributed by atoms with Gasteiger partial charge in [0.05, 0.1) is 9.88 Å². The number of thiophene rings is 1. The van der Waals surface area contributed by atoms with Crippen LogP contribution in [0.3, 0.4) is 0 Å². The van der Waals surface area contributed by atoms with Gasteiger partial charge in [-0.2, -0.15) is 0 Å². The predicted octanol–water partition coefficient (Wildman–Crippen LogP) is 3.97. The molecule has 1 saturated carbocycles. The van der Waals surface area contributed by atoms with E-state index in [-0.39, 0.29) is 17.7 Å². The standard InChI is InChI=1S/C17H18N2O2S/c1-10-5-3-4-6-13(10)18-17(21)15-11(2)9-14(22-15)19-16(20)12-7-8-12/h3-6,9,12H,7-8H2,1-2H3,(H,18,21)(H,19,20). The van der Waals surface area contributed by atoms with Crippen molar-refractivity contribution in [1.29, 1.82) is 0 Å². The molecule has 1 aliphatic rings. The maximum atomic E-state index is 12.4. The van der Waals surface area contributed by atoms with Crippen molar-refractivity contribution in [3.63, 3.8) is 0 Å². The Morgan fingerprint density at radius 2 is 1.82 bits per heavy atom. The Morgan fingerprint density at radius 3 is 2.50 bits per heavy atom. The molecule has 1 aromatic carbocycles. The van der Waals surface area contributed by atoms with Crippen molar-refractivity contribution in [2.24, 2.45) is 5.92 Å². The number of rotatable bonds is 4. The number of benzene rings is 1. The van der Waals surface area contributed by atoms with E-state index in [9.17, 15) is 9.59 Å². The van der Waals surface area contributed by atoms with Gasteiger partial charge in [-0.05, 0) is 49.9 Å². The SMILES string of the molecule is Cc1ccccc1NC(=O)c1sc(NC(=O)C2CC2)cc1C. The van der Waals surface area contributed by atoms with E-state index < -0.39 is 0 Å². The number of para-hydroxylation sites is 1. The van der Waals surface area contributed by atoms with Crippen LogP contribution in [0.15, 0.2) is 30.3 Å². The highest BCUT2D eigenvalue weighted by molar-refractivity contribution is 7.18. The van der Waals surface area contributed by atoms with Gasteiger partial charge in [0, 0.05) is 11.6 Å². The van der Waals surface area contributed by atoms with Crippen LogP contribution in [0, 0.1) is 19.8 Å². The van der Waals surface area contributed by atoms with Gasteiger partial charge in [-0.3, -0.25) is 9.59 Å². The summed E-state index contributed by atoms with van der Waals surface area (Å²) >= 11 is 1.32. The molecule has 0 atom stereocenters. The fraction of sp³-hybridized carbons (Fsp3) is 0.294. The van der Waals surface area contributed by atoms with Gasteiger partial charge in [-0.1, -0.05) is 18.2 Å². The lowest BCUT2D eigenvalue weighted by Gasteiger charge is -2.07. The summed E-state index contributed by atoms with van der Waals surface area (Å²) in [5.41, 5.74) is 2.71. The molecule has 1 fully saturated rings. The van der Waals surface area contributed by atoms with E-state index >= 15 is 0 Å². The lowest BCUT2D eigenvalue weighted by Crippen LogP contribution is -2.12. The molecule has 1 heterocycles. The van der Waals surface area contributed by atoms with E-state index in [2.05, 4.69) is 10.6 Å². The zero-order valence-electron chi connectivity index (χ0n) is 12.6. The molecule has 0 unspecified atom stereocenters. The summed E-state index contributed by atoms with van der Waals surface area (Å²) in [5, 5.41) is 6.56. The minimum absolute atomic E-state index is 0.0621. The van der Waals surface area contributed by atoms with Crippen molar-refractivity contribution in [2.45, 2.75) is 26.7 Å². The molecule has 0 bridgehead atoms. The summed E-state index contributed by atoms with van der Waals surface area (Å²) in [7, 11) is 0. The fourth-order valence-electron chi connectivity index (χ4n) is 2.23. The third kappa shape index (κ3) is 3.20. The van der Waals surface area contributed by atoms with Crippen LogP contribution in [0.25, 0.3) is 0 Å². The van der Waals surface area contributed by atoms with E-state index in [1.807, 2.05) is 44.2 Å². The van der Waals surface area contributed by atoms with Crippen LogP contribution >= 0.6 is 11.3 Å². The number of nitrogens with one attached hydrogen (secondary N) is 2. The van der Waals surface area contributed by atoms with Crippen LogP contribution in [-0.2, 0) is 4.79 Å². The first kappa shape index (κ1) is 14.8. The fourth-order valence-corrected chi connectivity index (χ4v) is 3.20. The molecular weight excluding hydrogens is 296 g/mol. The summed E-state index contributed by atoms with van der Waals surface area (Å²) in [6.07, 6.45) is 1.94. The highest BCUT2D eigenvalue weighted by atomic mass is 32.1. The van der Waals surface area contributed by atoms with Gasteiger partial charge in [0.2, 0.25) is 5.91 Å². The summed E-state index contributed by atoms with van der Waals surface area (Å²) < 4.78 is 0. The number of carbonyl (C=O) groups is 2. The molecule has 3 rings (SSSR count). The molecule has 1 aliphatic carbocycles. The predicted molar refractivity (Wildman–Crippen MR) is 89.5 cm³/mol. The third-order valence-corrected chi connectivity index (χ3v) is 4.86. The van der Waals surface area contributed by atoms with Gasteiger partial charge in [0.25, 0.3) is 5.91 Å². The van der Waals surface area contributed by atoms with E-state index in [0.29, 0.717) is 4.88 Å². The van der Waals surface area contributed by atoms with E-state index in [1.165, 1.54) is 11.3 Å². The smallest absolute Gasteiger partial charge is 0.266 e. The zero-order chi connectivity index (χ0) is 15.7. The van der Waals surface area contributed by atoms with Crippen LogP contribution in [0.2, 0.25) is 0 Å². The second kappa shape index (κ2) is 5.93. The topological polar surface area (TPSA) is 58.2 Å². The van der Waals surface area contributed by atoms with E-state index in [0.717, 1.165) is 34.7 Å². The monoisotopic (exact) mass is 314 g/mol. The number of amides is 2. The summed E-state index contributed by atoms with van der Waals surface area (Å²) in [4.78, 5) is 24.8. The molecule has 0 radical (unpaired) electrons. The highest BCUT2D eigenvalue weighted by Gasteiger charge is 2.30. The van der Waals surface area contributed by atoms with Crippen molar-refractivity contribution >= 4 is 33.8 Å². The first-order valence-corrected chi connectivity index (χ1v) is 8.14. The summed E-state index contributed by atoms with van der Waals surface area (Å²) in [6.45, 7) is 3.84. The van der Waals surface area contributed by atoms with Crippen LogP contribution in [0.1, 0.15) is 33.6 Å². The molecule has 2 N–H and O–H groups in total. The molecule has 0 aliphatic heterocycles. The van der Waals surface area contributed by atoms with Gasteiger partial charge in [0.15, 0.2) is 0 Å². The van der Waals surface area contributed by atoms with Gasteiger partial charge in [-0.25, -0.2) is 0 Å². The summed E-state index contributed by atoms with van der Waals surface area (Å²) in [5.74, 6) is 0.0856. The van der Waals surface area contributed by atoms with E-state index in [1.54, 1.807) is 0 Å². The lowest BCUT2D eigenvalue weighted by atomic mass is 10.2. The Hall–Kier alpha value is -2.14. The number of anilines is 2. The van der Waals surface area contributed by atoms with Crippen LogP contribution in [0.4, 0.5) is 10.7 Å². The van der Waals surface area contributed by atoms with Gasteiger partial charge in [0.1, 0.15) is 0 Å². The lowest BCUT2D eigenvalue weighted by molar-refractivity contribution is -0.117. The molecule has 22 heavy (non-hydrogen) atoms. The molecule has 0 saturated heterocycles. The van der Waals surface area contributed by atoms with Crippen molar-refractivity contribution in [3.05, 3.63) is 46.3 Å². The average molecular weight is 314 g/mol. The van der Waals surface area contributed by atoms with Gasteiger partial charge < -0.3 is 10.6 Å². The second-order valence-electron chi connectivity index (χ2n) is 5.66. The maximum absolute atomic E-state index is 12.4. The number of aryl methyl sites for hydroxylation is 2. The molecular formula is C17H18N2O2S. The minimum atomic E-state index is -0.135. The molecule has 1 aromatic heterocycles. The molecule has 2 aromatic rings. The van der Waals surface area contributed by atoms with Crippen molar-refractivity contribution in [2.75, 3.05) is 10.6 Å². The summed E-state index contributed by atoms with van der Waals surface area (Å²) in [6, 6.07) is 9.53. The number of hydrogen-bond acceptors (Lipinski definition) is 3. The Balaban J connectivity index is 1.73. The highest BCUT2D eigenvalue weighted by Crippen LogP contribution is 2.33.